The number of carbonyl (C=O) groups is 1. The summed E-state index contributed by atoms with van der Waals surface area (Å²) in [5.74, 6) is -0.264. The summed E-state index contributed by atoms with van der Waals surface area (Å²) in [5.41, 5.74) is 6.56. The minimum Gasteiger partial charge on any atom is -0.507 e. The van der Waals surface area contributed by atoms with Crippen LogP contribution in [-0.2, 0) is 4.79 Å². The molecule has 0 aliphatic rings. The number of carbonyl (C=O) groups excluding carboxylic acids is 1. The van der Waals surface area contributed by atoms with Gasteiger partial charge in [-0.2, -0.15) is 0 Å². The molecule has 5 N–H and O–H groups in total. The lowest BCUT2D eigenvalue weighted by Gasteiger charge is -2.11. The van der Waals surface area contributed by atoms with Crippen LogP contribution >= 0.6 is 0 Å². The van der Waals surface area contributed by atoms with Crippen molar-refractivity contribution in [1.82, 2.24) is 5.32 Å². The van der Waals surface area contributed by atoms with Gasteiger partial charge in [0.2, 0.25) is 5.91 Å². The Labute approximate surface area is 106 Å². The molecule has 1 aromatic carbocycles. The zero-order valence-corrected chi connectivity index (χ0v) is 10.3. The van der Waals surface area contributed by atoms with Crippen LogP contribution < -0.4 is 11.1 Å². The molecule has 0 heterocycles. The van der Waals surface area contributed by atoms with E-state index < -0.39 is 0 Å². The zero-order valence-electron chi connectivity index (χ0n) is 10.3. The molecule has 0 aromatic heterocycles. The highest BCUT2D eigenvalue weighted by atomic mass is 16.3. The maximum atomic E-state index is 11.5. The van der Waals surface area contributed by atoms with Gasteiger partial charge in [0.1, 0.15) is 5.75 Å². The summed E-state index contributed by atoms with van der Waals surface area (Å²) in [7, 11) is 0. The van der Waals surface area contributed by atoms with E-state index in [9.17, 15) is 9.90 Å². The van der Waals surface area contributed by atoms with Gasteiger partial charge in [0, 0.05) is 17.3 Å². The first kappa shape index (κ1) is 14.1. The number of phenolic OH excluding ortho intramolecular Hbond substituents is 1. The Balaban J connectivity index is 2.68. The smallest absolute Gasteiger partial charge is 0.244 e. The first-order valence-electron chi connectivity index (χ1n) is 5.74. The van der Waals surface area contributed by atoms with Gasteiger partial charge in [-0.05, 0) is 30.7 Å². The number of hydrogen-bond donors (Lipinski definition) is 4. The number of aromatic hydroxyl groups is 1. The lowest BCUT2D eigenvalue weighted by Crippen LogP contribution is -2.35. The average molecular weight is 250 g/mol. The summed E-state index contributed by atoms with van der Waals surface area (Å²) in [6.45, 7) is 1.77. The Bertz CT molecular complexity index is 440. The number of anilines is 1. The van der Waals surface area contributed by atoms with Crippen LogP contribution in [-0.4, -0.2) is 28.8 Å². The summed E-state index contributed by atoms with van der Waals surface area (Å²) in [6.07, 6.45) is 3.43. The maximum absolute atomic E-state index is 11.5. The molecule has 1 unspecified atom stereocenters. The van der Waals surface area contributed by atoms with Crippen molar-refractivity contribution < 1.29 is 15.0 Å². The van der Waals surface area contributed by atoms with E-state index in [2.05, 4.69) is 5.32 Å². The molecular weight excluding hydrogens is 232 g/mol. The molecule has 1 aromatic rings. The molecule has 0 aliphatic heterocycles. The lowest BCUT2D eigenvalue weighted by atomic mass is 10.1. The summed E-state index contributed by atoms with van der Waals surface area (Å²) in [6, 6.07) is 4.36. The molecule has 0 saturated carbocycles. The van der Waals surface area contributed by atoms with Crippen molar-refractivity contribution in [2.45, 2.75) is 19.4 Å². The van der Waals surface area contributed by atoms with Crippen LogP contribution in [0.2, 0.25) is 0 Å². The third-order valence-electron chi connectivity index (χ3n) is 2.53. The van der Waals surface area contributed by atoms with E-state index in [-0.39, 0.29) is 24.3 Å². The highest BCUT2D eigenvalue weighted by molar-refractivity contribution is 5.92. The summed E-state index contributed by atoms with van der Waals surface area (Å²) >= 11 is 0. The number of hydrogen-bond acceptors (Lipinski definition) is 4. The Hall–Kier alpha value is -2.01. The van der Waals surface area contributed by atoms with Crippen molar-refractivity contribution in [1.29, 1.82) is 0 Å². The Kier molecular flexibility index (Phi) is 5.20. The van der Waals surface area contributed by atoms with Crippen LogP contribution in [0.5, 0.6) is 5.75 Å². The number of nitrogen functional groups attached to an aromatic ring is 1. The van der Waals surface area contributed by atoms with Crippen molar-refractivity contribution in [2.75, 3.05) is 12.3 Å². The normalized spacial score (nSPS) is 12.6. The minimum atomic E-state index is -0.322. The topological polar surface area (TPSA) is 95.6 Å². The van der Waals surface area contributed by atoms with E-state index >= 15 is 0 Å². The molecule has 0 aliphatic carbocycles. The predicted octanol–water partition coefficient (Wildman–Crippen LogP) is 0.875. The second kappa shape index (κ2) is 6.66. The van der Waals surface area contributed by atoms with E-state index in [1.165, 1.54) is 18.2 Å². The van der Waals surface area contributed by atoms with E-state index in [0.29, 0.717) is 17.7 Å². The van der Waals surface area contributed by atoms with Gasteiger partial charge < -0.3 is 21.3 Å². The molecule has 5 nitrogen and oxygen atoms in total. The van der Waals surface area contributed by atoms with Gasteiger partial charge >= 0.3 is 0 Å². The van der Waals surface area contributed by atoms with E-state index in [0.717, 1.165) is 0 Å². The van der Waals surface area contributed by atoms with Crippen LogP contribution in [0, 0.1) is 0 Å². The number of nitrogens with two attached hydrogens (primary N) is 1. The third-order valence-corrected chi connectivity index (χ3v) is 2.53. The van der Waals surface area contributed by atoms with Gasteiger partial charge in [0.05, 0.1) is 12.6 Å². The lowest BCUT2D eigenvalue weighted by molar-refractivity contribution is -0.117. The van der Waals surface area contributed by atoms with Crippen molar-refractivity contribution in [3.05, 3.63) is 29.8 Å². The number of aliphatic hydroxyl groups excluding tert-OH is 1. The third kappa shape index (κ3) is 4.10. The molecule has 1 atom stereocenters. The fourth-order valence-corrected chi connectivity index (χ4v) is 1.40. The monoisotopic (exact) mass is 250 g/mol. The van der Waals surface area contributed by atoms with Gasteiger partial charge in [-0.15, -0.1) is 0 Å². The maximum Gasteiger partial charge on any atom is 0.244 e. The predicted molar refractivity (Wildman–Crippen MR) is 70.9 cm³/mol. The average Bonchev–Trinajstić information content (AvgIpc) is 2.37. The van der Waals surface area contributed by atoms with Crippen molar-refractivity contribution in [3.63, 3.8) is 0 Å². The fraction of sp³-hybridized carbons (Fsp3) is 0.308. The summed E-state index contributed by atoms with van der Waals surface area (Å²) in [5, 5.41) is 21.1. The number of amides is 1. The molecule has 18 heavy (non-hydrogen) atoms. The molecule has 98 valence electrons. The molecule has 0 spiro atoms. The quantitative estimate of drug-likeness (QED) is 0.354. The number of phenols is 1. The van der Waals surface area contributed by atoms with E-state index in [4.69, 9.17) is 10.8 Å². The van der Waals surface area contributed by atoms with E-state index in [1.54, 1.807) is 12.1 Å². The highest BCUT2D eigenvalue weighted by Gasteiger charge is 2.06. The Morgan fingerprint density at radius 2 is 2.28 bits per heavy atom. The molecule has 1 rings (SSSR count). The number of nitrogens with one attached hydrogen (secondary N) is 1. The highest BCUT2D eigenvalue weighted by Crippen LogP contribution is 2.20. The van der Waals surface area contributed by atoms with Gasteiger partial charge in [-0.25, -0.2) is 0 Å². The molecule has 1 amide bonds. The number of benzene rings is 1. The minimum absolute atomic E-state index is 0.0578. The number of aliphatic hydroxyl groups is 1. The van der Waals surface area contributed by atoms with Crippen LogP contribution in [0.4, 0.5) is 5.69 Å². The summed E-state index contributed by atoms with van der Waals surface area (Å²) < 4.78 is 0. The molecule has 5 heteroatoms. The molecule has 0 saturated heterocycles. The van der Waals surface area contributed by atoms with Crippen LogP contribution in [0.3, 0.4) is 0 Å². The molecular formula is C13H18N2O3. The second-order valence-corrected chi connectivity index (χ2v) is 3.95. The van der Waals surface area contributed by atoms with Crippen molar-refractivity contribution in [2.24, 2.45) is 0 Å². The van der Waals surface area contributed by atoms with Crippen LogP contribution in [0.1, 0.15) is 18.9 Å². The molecule has 0 radical (unpaired) electrons. The summed E-state index contributed by atoms with van der Waals surface area (Å²) in [4.78, 5) is 11.5. The van der Waals surface area contributed by atoms with Crippen LogP contribution in [0.15, 0.2) is 24.3 Å². The molecule has 0 fully saturated rings. The van der Waals surface area contributed by atoms with Gasteiger partial charge in [-0.3, -0.25) is 4.79 Å². The standard InChI is InChI=1S/C13H18N2O3/c1-2-11(8-16)15-13(18)6-3-9-7-10(14)4-5-12(9)17/h3-7,11,16-17H,2,8,14H2,1H3,(H,15,18). The first-order valence-corrected chi connectivity index (χ1v) is 5.74. The van der Waals surface area contributed by atoms with Crippen molar-refractivity contribution >= 4 is 17.7 Å². The zero-order chi connectivity index (χ0) is 13.5. The van der Waals surface area contributed by atoms with E-state index in [1.807, 2.05) is 6.92 Å². The van der Waals surface area contributed by atoms with Gasteiger partial charge in [0.15, 0.2) is 0 Å². The van der Waals surface area contributed by atoms with Gasteiger partial charge in [0.25, 0.3) is 0 Å². The largest absolute Gasteiger partial charge is 0.507 e. The number of rotatable bonds is 5. The SMILES string of the molecule is CCC(CO)NC(=O)C=Cc1cc(N)ccc1O. The second-order valence-electron chi connectivity index (χ2n) is 3.95. The molecule has 0 bridgehead atoms. The van der Waals surface area contributed by atoms with Crippen molar-refractivity contribution in [3.8, 4) is 5.75 Å². The first-order chi connectivity index (χ1) is 8.56. The Morgan fingerprint density at radius 3 is 2.89 bits per heavy atom. The Morgan fingerprint density at radius 1 is 1.56 bits per heavy atom. The fourth-order valence-electron chi connectivity index (χ4n) is 1.40. The van der Waals surface area contributed by atoms with Crippen LogP contribution in [0.25, 0.3) is 6.08 Å². The van der Waals surface area contributed by atoms with Gasteiger partial charge in [-0.1, -0.05) is 6.92 Å².